The highest BCUT2D eigenvalue weighted by Gasteiger charge is 2.47. The number of anilines is 2. The predicted octanol–water partition coefficient (Wildman–Crippen LogP) is 1.95. The summed E-state index contributed by atoms with van der Waals surface area (Å²) in [5.74, 6) is -1.37. The Morgan fingerprint density at radius 3 is 2.33 bits per heavy atom. The molecule has 10 nitrogen and oxygen atoms in total. The molecule has 2 aliphatic heterocycles. The number of halogens is 1. The van der Waals surface area contributed by atoms with Crippen molar-refractivity contribution >= 4 is 50.7 Å². The Kier molecular flexibility index (Phi) is 8.06. The molecule has 0 spiro atoms. The smallest absolute Gasteiger partial charge is 0.252 e. The fourth-order valence-corrected chi connectivity index (χ4v) is 5.96. The zero-order chi connectivity index (χ0) is 25.9. The second-order valence-corrected chi connectivity index (χ2v) is 10.9. The summed E-state index contributed by atoms with van der Waals surface area (Å²) in [5, 5.41) is 3.01. The average molecular weight is 535 g/mol. The quantitative estimate of drug-likeness (QED) is 0.514. The largest absolute Gasteiger partial charge is 0.379 e. The number of hydrogen-bond acceptors (Lipinski definition) is 7. The first-order valence-electron chi connectivity index (χ1n) is 11.5. The standard InChI is InChI=1S/C24H27ClN4O6S/c1-17(30)26-19-4-6-20(7-5-19)29-23(31)16-22(24(29)32)28(11-10-27-12-14-35-15-13-27)36(33,34)21-8-2-18(25)3-9-21/h2-9,22H,10-16H2,1H3,(H,26,30). The van der Waals surface area contributed by atoms with Gasteiger partial charge in [0, 0.05) is 43.8 Å². The molecule has 3 amide bonds. The Morgan fingerprint density at radius 1 is 1.08 bits per heavy atom. The predicted molar refractivity (Wildman–Crippen MR) is 134 cm³/mol. The maximum atomic E-state index is 13.7. The Balaban J connectivity index is 1.61. The van der Waals surface area contributed by atoms with Crippen LogP contribution < -0.4 is 10.2 Å². The minimum absolute atomic E-state index is 0.00719. The van der Waals surface area contributed by atoms with Crippen LogP contribution in [-0.4, -0.2) is 80.8 Å². The van der Waals surface area contributed by atoms with E-state index >= 15 is 0 Å². The van der Waals surface area contributed by atoms with Crippen molar-refractivity contribution in [2.75, 3.05) is 49.6 Å². The number of rotatable bonds is 8. The van der Waals surface area contributed by atoms with Gasteiger partial charge in [0.1, 0.15) is 6.04 Å². The third kappa shape index (κ3) is 5.76. The van der Waals surface area contributed by atoms with Crippen LogP contribution in [0, 0.1) is 0 Å². The molecule has 2 aliphatic rings. The number of amides is 3. The van der Waals surface area contributed by atoms with Crippen LogP contribution in [0.1, 0.15) is 13.3 Å². The number of nitrogens with one attached hydrogen (secondary N) is 1. The number of carbonyl (C=O) groups excluding carboxylic acids is 3. The third-order valence-electron chi connectivity index (χ3n) is 6.08. The SMILES string of the molecule is CC(=O)Nc1ccc(N2C(=O)CC(N(CCN3CCOCC3)S(=O)(=O)c3ccc(Cl)cc3)C2=O)cc1. The monoisotopic (exact) mass is 534 g/mol. The van der Waals surface area contributed by atoms with Gasteiger partial charge in [-0.3, -0.25) is 19.3 Å². The highest BCUT2D eigenvalue weighted by Crippen LogP contribution is 2.30. The molecular weight excluding hydrogens is 508 g/mol. The van der Waals surface area contributed by atoms with Gasteiger partial charge < -0.3 is 10.1 Å². The van der Waals surface area contributed by atoms with Gasteiger partial charge in [0.05, 0.1) is 30.2 Å². The van der Waals surface area contributed by atoms with E-state index in [1.807, 2.05) is 0 Å². The highest BCUT2D eigenvalue weighted by molar-refractivity contribution is 7.89. The lowest BCUT2D eigenvalue weighted by Gasteiger charge is -2.31. The molecule has 2 heterocycles. The molecule has 0 aromatic heterocycles. The number of sulfonamides is 1. The van der Waals surface area contributed by atoms with Gasteiger partial charge in [-0.2, -0.15) is 4.31 Å². The molecule has 0 aliphatic carbocycles. The number of ether oxygens (including phenoxy) is 1. The Labute approximate surface area is 214 Å². The molecule has 36 heavy (non-hydrogen) atoms. The molecule has 4 rings (SSSR count). The van der Waals surface area contributed by atoms with Crippen molar-refractivity contribution < 1.29 is 27.5 Å². The van der Waals surface area contributed by atoms with Crippen LogP contribution in [0.25, 0.3) is 0 Å². The van der Waals surface area contributed by atoms with Crippen LogP contribution in [0.4, 0.5) is 11.4 Å². The van der Waals surface area contributed by atoms with Gasteiger partial charge in [0.15, 0.2) is 0 Å². The van der Waals surface area contributed by atoms with Crippen molar-refractivity contribution in [3.05, 3.63) is 53.6 Å². The summed E-state index contributed by atoms with van der Waals surface area (Å²) >= 11 is 5.94. The number of hydrogen-bond donors (Lipinski definition) is 1. The minimum atomic E-state index is -4.11. The van der Waals surface area contributed by atoms with Crippen LogP contribution in [0.2, 0.25) is 5.02 Å². The van der Waals surface area contributed by atoms with E-state index in [0.717, 1.165) is 9.21 Å². The Bertz CT molecular complexity index is 1230. The summed E-state index contributed by atoms with van der Waals surface area (Å²) in [6.07, 6.45) is -0.276. The summed E-state index contributed by atoms with van der Waals surface area (Å²) < 4.78 is 33.8. The third-order valence-corrected chi connectivity index (χ3v) is 8.25. The molecule has 1 unspecified atom stereocenters. The van der Waals surface area contributed by atoms with Gasteiger partial charge in [-0.15, -0.1) is 0 Å². The van der Waals surface area contributed by atoms with E-state index in [4.69, 9.17) is 16.3 Å². The lowest BCUT2D eigenvalue weighted by Crippen LogP contribution is -2.49. The van der Waals surface area contributed by atoms with Gasteiger partial charge in [-0.05, 0) is 48.5 Å². The Hall–Kier alpha value is -2.83. The molecule has 2 aromatic carbocycles. The summed E-state index contributed by atoms with van der Waals surface area (Å²) in [6.45, 7) is 4.19. The first-order chi connectivity index (χ1) is 17.2. The van der Waals surface area contributed by atoms with Gasteiger partial charge in [-0.25, -0.2) is 13.3 Å². The second kappa shape index (κ2) is 11.1. The molecule has 2 fully saturated rings. The van der Waals surface area contributed by atoms with Crippen LogP contribution in [0.3, 0.4) is 0 Å². The lowest BCUT2D eigenvalue weighted by molar-refractivity contribution is -0.122. The average Bonchev–Trinajstić information content (AvgIpc) is 3.13. The van der Waals surface area contributed by atoms with Crippen LogP contribution in [-0.2, 0) is 29.1 Å². The van der Waals surface area contributed by atoms with Gasteiger partial charge in [-0.1, -0.05) is 11.6 Å². The Morgan fingerprint density at radius 2 is 1.72 bits per heavy atom. The molecule has 192 valence electrons. The van der Waals surface area contributed by atoms with Crippen LogP contribution in [0.5, 0.6) is 0 Å². The van der Waals surface area contributed by atoms with Gasteiger partial charge in [0.25, 0.3) is 5.91 Å². The topological polar surface area (TPSA) is 116 Å². The van der Waals surface area contributed by atoms with Crippen LogP contribution >= 0.6 is 11.6 Å². The van der Waals surface area contributed by atoms with Crippen molar-refractivity contribution in [3.8, 4) is 0 Å². The number of benzene rings is 2. The molecule has 0 saturated carbocycles. The first-order valence-corrected chi connectivity index (χ1v) is 13.3. The van der Waals surface area contributed by atoms with E-state index in [-0.39, 0.29) is 23.8 Å². The van der Waals surface area contributed by atoms with Crippen molar-refractivity contribution in [1.82, 2.24) is 9.21 Å². The molecule has 0 bridgehead atoms. The van der Waals surface area contributed by atoms with Crippen molar-refractivity contribution in [3.63, 3.8) is 0 Å². The zero-order valence-electron chi connectivity index (χ0n) is 19.7. The maximum Gasteiger partial charge on any atom is 0.252 e. The van der Waals surface area contributed by atoms with Crippen molar-refractivity contribution in [1.29, 1.82) is 0 Å². The zero-order valence-corrected chi connectivity index (χ0v) is 21.3. The highest BCUT2D eigenvalue weighted by atomic mass is 35.5. The number of nitrogens with zero attached hydrogens (tertiary/aromatic N) is 3. The second-order valence-electron chi connectivity index (χ2n) is 8.54. The van der Waals surface area contributed by atoms with E-state index in [1.54, 1.807) is 12.1 Å². The molecule has 1 atom stereocenters. The van der Waals surface area contributed by atoms with Gasteiger partial charge >= 0.3 is 0 Å². The molecule has 2 aromatic rings. The lowest BCUT2D eigenvalue weighted by atomic mass is 10.2. The van der Waals surface area contributed by atoms with Gasteiger partial charge in [0.2, 0.25) is 21.8 Å². The summed E-state index contributed by atoms with van der Waals surface area (Å²) in [6, 6.07) is 10.8. The van der Waals surface area contributed by atoms with E-state index in [1.165, 1.54) is 43.3 Å². The summed E-state index contributed by atoms with van der Waals surface area (Å²) in [7, 11) is -4.11. The summed E-state index contributed by atoms with van der Waals surface area (Å²) in [5.41, 5.74) is 0.818. The van der Waals surface area contributed by atoms with Crippen molar-refractivity contribution in [2.45, 2.75) is 24.3 Å². The van der Waals surface area contributed by atoms with E-state index < -0.39 is 27.9 Å². The number of carbonyl (C=O) groups is 3. The molecule has 2 saturated heterocycles. The number of morpholine rings is 1. The summed E-state index contributed by atoms with van der Waals surface area (Å²) in [4.78, 5) is 40.8. The van der Waals surface area contributed by atoms with E-state index in [0.29, 0.717) is 49.2 Å². The van der Waals surface area contributed by atoms with E-state index in [9.17, 15) is 22.8 Å². The van der Waals surface area contributed by atoms with Crippen LogP contribution in [0.15, 0.2) is 53.4 Å². The molecular formula is C24H27ClN4O6S. The van der Waals surface area contributed by atoms with Crippen molar-refractivity contribution in [2.24, 2.45) is 0 Å². The normalized spacial score (nSPS) is 19.2. The molecule has 1 N–H and O–H groups in total. The minimum Gasteiger partial charge on any atom is -0.379 e. The first kappa shape index (κ1) is 26.2. The maximum absolute atomic E-state index is 13.7. The van der Waals surface area contributed by atoms with E-state index in [2.05, 4.69) is 10.2 Å². The molecule has 0 radical (unpaired) electrons. The fourth-order valence-electron chi connectivity index (χ4n) is 4.26. The fraction of sp³-hybridized carbons (Fsp3) is 0.375. The molecule has 12 heteroatoms. The number of imide groups is 1.